The van der Waals surface area contributed by atoms with Crippen LogP contribution in [0.1, 0.15) is 6.92 Å². The van der Waals surface area contributed by atoms with Crippen molar-refractivity contribution in [2.24, 2.45) is 0 Å². The zero-order chi connectivity index (χ0) is 10.3. The fraction of sp³-hybridized carbons (Fsp3) is 0.143. The van der Waals surface area contributed by atoms with Crippen molar-refractivity contribution < 1.29 is 8.42 Å². The molecule has 70 valence electrons. The molecule has 1 aromatic heterocycles. The fourth-order valence-electron chi connectivity index (χ4n) is 0.491. The van der Waals surface area contributed by atoms with Gasteiger partial charge in [-0.1, -0.05) is 0 Å². The lowest BCUT2D eigenvalue weighted by molar-refractivity contribution is 0.609. The summed E-state index contributed by atoms with van der Waals surface area (Å²) in [5.74, 6) is 0. The summed E-state index contributed by atoms with van der Waals surface area (Å²) in [4.78, 5) is 3.61. The van der Waals surface area contributed by atoms with Gasteiger partial charge in [-0.05, 0) is 12.1 Å². The molecule has 0 aliphatic carbocycles. The van der Waals surface area contributed by atoms with Crippen molar-refractivity contribution >= 4 is 19.7 Å². The molecule has 0 amide bonds. The second kappa shape index (κ2) is 5.51. The Bertz CT molecular complexity index is 383. The maximum Gasteiger partial charge on any atom is 0.262 e. The molecule has 0 radical (unpaired) electrons. The van der Waals surface area contributed by atoms with E-state index < -0.39 is 9.05 Å². The zero-order valence-electron chi connectivity index (χ0n) is 6.81. The van der Waals surface area contributed by atoms with Crippen LogP contribution in [0.4, 0.5) is 0 Å². The third-order valence-corrected chi connectivity index (χ3v) is 2.26. The van der Waals surface area contributed by atoms with Crippen LogP contribution in [0.3, 0.4) is 0 Å². The van der Waals surface area contributed by atoms with Gasteiger partial charge in [-0.25, -0.2) is 8.42 Å². The lowest BCUT2D eigenvalue weighted by Crippen LogP contribution is -1.89. The standard InChI is InChI=1S/C5H4ClNO2S.C2H3N/c6-10(8,9)5-2-1-3-7-4-5;1-2-3/h1-4H;1H3. The van der Waals surface area contributed by atoms with Crippen LogP contribution >= 0.6 is 10.7 Å². The van der Waals surface area contributed by atoms with E-state index in [2.05, 4.69) is 4.98 Å². The van der Waals surface area contributed by atoms with Gasteiger partial charge in [0.2, 0.25) is 0 Å². The van der Waals surface area contributed by atoms with Crippen LogP contribution in [0.5, 0.6) is 0 Å². The molecular weight excluding hydrogens is 212 g/mol. The number of rotatable bonds is 1. The normalized spacial score (nSPS) is 9.31. The van der Waals surface area contributed by atoms with Gasteiger partial charge in [0.05, 0.1) is 6.07 Å². The van der Waals surface area contributed by atoms with Gasteiger partial charge in [0.15, 0.2) is 0 Å². The highest BCUT2D eigenvalue weighted by molar-refractivity contribution is 8.13. The summed E-state index contributed by atoms with van der Waals surface area (Å²) < 4.78 is 21.1. The minimum Gasteiger partial charge on any atom is -0.263 e. The molecule has 0 unspecified atom stereocenters. The van der Waals surface area contributed by atoms with Crippen molar-refractivity contribution in [3.8, 4) is 6.07 Å². The third kappa shape index (κ3) is 5.17. The minimum absolute atomic E-state index is 0.0247. The molecule has 0 spiro atoms. The highest BCUT2D eigenvalue weighted by Gasteiger charge is 2.07. The van der Waals surface area contributed by atoms with Crippen LogP contribution in [0.2, 0.25) is 0 Å². The number of halogens is 1. The molecule has 0 saturated heterocycles. The Morgan fingerprint density at radius 1 is 1.62 bits per heavy atom. The van der Waals surface area contributed by atoms with E-state index in [9.17, 15) is 8.42 Å². The molecule has 0 aliphatic heterocycles. The smallest absolute Gasteiger partial charge is 0.262 e. The Balaban J connectivity index is 0.000000424. The van der Waals surface area contributed by atoms with Crippen LogP contribution in [-0.4, -0.2) is 13.4 Å². The summed E-state index contributed by atoms with van der Waals surface area (Å²) in [7, 11) is 1.40. The van der Waals surface area contributed by atoms with E-state index in [1.807, 2.05) is 0 Å². The maximum atomic E-state index is 10.6. The summed E-state index contributed by atoms with van der Waals surface area (Å²) in [5.41, 5.74) is 0. The van der Waals surface area contributed by atoms with Gasteiger partial charge in [0.25, 0.3) is 9.05 Å². The molecule has 1 heterocycles. The lowest BCUT2D eigenvalue weighted by Gasteiger charge is -1.90. The predicted molar refractivity (Wildman–Crippen MR) is 48.6 cm³/mol. The second-order valence-corrected chi connectivity index (χ2v) is 4.42. The summed E-state index contributed by atoms with van der Waals surface area (Å²) in [6.07, 6.45) is 2.67. The Morgan fingerprint density at radius 2 is 2.15 bits per heavy atom. The summed E-state index contributed by atoms with van der Waals surface area (Å²) >= 11 is 0. The van der Waals surface area contributed by atoms with E-state index in [-0.39, 0.29) is 4.90 Å². The Morgan fingerprint density at radius 3 is 2.38 bits per heavy atom. The first kappa shape index (κ1) is 11.9. The minimum atomic E-state index is -3.59. The van der Waals surface area contributed by atoms with Gasteiger partial charge in [0, 0.05) is 30.0 Å². The van der Waals surface area contributed by atoms with Gasteiger partial charge >= 0.3 is 0 Å². The lowest BCUT2D eigenvalue weighted by atomic mass is 10.5. The van der Waals surface area contributed by atoms with Gasteiger partial charge < -0.3 is 0 Å². The van der Waals surface area contributed by atoms with Gasteiger partial charge in [0.1, 0.15) is 4.90 Å². The molecule has 0 N–H and O–H groups in total. The molecule has 0 bridgehead atoms. The van der Waals surface area contributed by atoms with E-state index in [1.165, 1.54) is 31.5 Å². The first-order valence-corrected chi connectivity index (χ1v) is 5.49. The molecule has 0 aliphatic rings. The second-order valence-electron chi connectivity index (χ2n) is 1.85. The summed E-state index contributed by atoms with van der Waals surface area (Å²) in [5, 5.41) is 7.32. The average Bonchev–Trinajstić information content (AvgIpc) is 2.06. The molecule has 1 aromatic rings. The molecule has 4 nitrogen and oxygen atoms in total. The number of nitriles is 1. The summed E-state index contributed by atoms with van der Waals surface area (Å²) in [6.45, 7) is 1.43. The third-order valence-electron chi connectivity index (χ3n) is 0.916. The van der Waals surface area contributed by atoms with E-state index >= 15 is 0 Å². The van der Waals surface area contributed by atoms with E-state index in [0.29, 0.717) is 0 Å². The molecule has 1 rings (SSSR count). The van der Waals surface area contributed by atoms with Crippen LogP contribution in [0.25, 0.3) is 0 Å². The van der Waals surface area contributed by atoms with E-state index in [0.717, 1.165) is 0 Å². The number of pyridine rings is 1. The fourth-order valence-corrected chi connectivity index (χ4v) is 1.19. The SMILES string of the molecule is CC#N.O=S(=O)(Cl)c1cccnc1. The number of hydrogen-bond acceptors (Lipinski definition) is 4. The Labute approximate surface area is 81.2 Å². The Hall–Kier alpha value is -1.12. The molecule has 6 heteroatoms. The van der Waals surface area contributed by atoms with Crippen LogP contribution < -0.4 is 0 Å². The molecule has 0 fully saturated rings. The molecule has 0 saturated carbocycles. The number of nitrogens with zero attached hydrogens (tertiary/aromatic N) is 2. The predicted octanol–water partition coefficient (Wildman–Crippen LogP) is 1.54. The maximum absolute atomic E-state index is 10.6. The van der Waals surface area contributed by atoms with Gasteiger partial charge in [-0.2, -0.15) is 5.26 Å². The first-order valence-electron chi connectivity index (χ1n) is 3.18. The highest BCUT2D eigenvalue weighted by atomic mass is 35.7. The van der Waals surface area contributed by atoms with Crippen molar-refractivity contribution in [3.05, 3.63) is 24.5 Å². The van der Waals surface area contributed by atoms with Crippen molar-refractivity contribution in [1.29, 1.82) is 5.26 Å². The average molecular weight is 219 g/mol. The Kier molecular flexibility index (Phi) is 5.04. The molecule has 0 atom stereocenters. The quantitative estimate of drug-likeness (QED) is 0.671. The van der Waals surface area contributed by atoms with Crippen molar-refractivity contribution in [1.82, 2.24) is 4.98 Å². The van der Waals surface area contributed by atoms with Crippen molar-refractivity contribution in [2.75, 3.05) is 0 Å². The van der Waals surface area contributed by atoms with Crippen molar-refractivity contribution in [3.63, 3.8) is 0 Å². The molecule has 13 heavy (non-hydrogen) atoms. The van der Waals surface area contributed by atoms with E-state index in [1.54, 1.807) is 6.07 Å². The first-order chi connectivity index (χ1) is 6.02. The topological polar surface area (TPSA) is 70.8 Å². The van der Waals surface area contributed by atoms with Gasteiger partial charge in [-0.3, -0.25) is 4.98 Å². The number of aromatic nitrogens is 1. The monoisotopic (exact) mass is 218 g/mol. The zero-order valence-corrected chi connectivity index (χ0v) is 8.38. The van der Waals surface area contributed by atoms with Crippen LogP contribution in [-0.2, 0) is 9.05 Å². The van der Waals surface area contributed by atoms with Crippen LogP contribution in [0.15, 0.2) is 29.4 Å². The molecule has 0 aromatic carbocycles. The molecular formula is C7H7ClN2O2S. The van der Waals surface area contributed by atoms with Crippen LogP contribution in [0, 0.1) is 11.3 Å². The van der Waals surface area contributed by atoms with E-state index in [4.69, 9.17) is 15.9 Å². The largest absolute Gasteiger partial charge is 0.263 e. The summed E-state index contributed by atoms with van der Waals surface area (Å²) in [6, 6.07) is 4.64. The van der Waals surface area contributed by atoms with Gasteiger partial charge in [-0.15, -0.1) is 0 Å². The van der Waals surface area contributed by atoms with Crippen molar-refractivity contribution in [2.45, 2.75) is 11.8 Å². The highest BCUT2D eigenvalue weighted by Crippen LogP contribution is 2.11. The number of hydrogen-bond donors (Lipinski definition) is 0.